The van der Waals surface area contributed by atoms with Crippen LogP contribution in [0.1, 0.15) is 5.56 Å². The molecule has 2 heterocycles. The van der Waals surface area contributed by atoms with Crippen molar-refractivity contribution in [2.24, 2.45) is 14.1 Å². The van der Waals surface area contributed by atoms with Gasteiger partial charge in [-0.1, -0.05) is 30.0 Å². The Hall–Kier alpha value is -3.86. The van der Waals surface area contributed by atoms with Crippen LogP contribution in [0.2, 0.25) is 0 Å². The summed E-state index contributed by atoms with van der Waals surface area (Å²) in [5.74, 6) is -0.0666. The lowest BCUT2D eigenvalue weighted by Crippen LogP contribution is -2.37. The number of carbonyl (C=O) groups excluding carboxylic acids is 1. The first-order chi connectivity index (χ1) is 16.3. The minimum Gasteiger partial charge on any atom is -0.497 e. The van der Waals surface area contributed by atoms with Crippen LogP contribution >= 0.6 is 11.8 Å². The van der Waals surface area contributed by atoms with E-state index in [4.69, 9.17) is 4.74 Å². The summed E-state index contributed by atoms with van der Waals surface area (Å²) >= 11 is 1.09. The third-order valence-electron chi connectivity index (χ3n) is 5.31. The Bertz CT molecular complexity index is 1490. The van der Waals surface area contributed by atoms with Crippen molar-refractivity contribution in [3.63, 3.8) is 0 Å². The summed E-state index contributed by atoms with van der Waals surface area (Å²) in [6.45, 7) is 0.0129. The van der Waals surface area contributed by atoms with E-state index in [2.05, 4.69) is 10.3 Å². The third kappa shape index (κ3) is 4.46. The molecule has 0 atom stereocenters. The van der Waals surface area contributed by atoms with Crippen LogP contribution < -0.4 is 21.3 Å². The molecule has 11 heteroatoms. The van der Waals surface area contributed by atoms with E-state index in [-0.39, 0.29) is 29.4 Å². The zero-order valence-corrected chi connectivity index (χ0v) is 19.6. The molecule has 9 nitrogen and oxygen atoms in total. The fraction of sp³-hybridized carbons (Fsp3) is 0.217. The van der Waals surface area contributed by atoms with E-state index in [0.29, 0.717) is 22.2 Å². The number of anilines is 1. The van der Waals surface area contributed by atoms with Gasteiger partial charge in [0.25, 0.3) is 5.56 Å². The molecule has 0 aliphatic carbocycles. The summed E-state index contributed by atoms with van der Waals surface area (Å²) in [6, 6.07) is 13.1. The van der Waals surface area contributed by atoms with Crippen LogP contribution in [-0.4, -0.2) is 37.5 Å². The molecule has 0 saturated carbocycles. The summed E-state index contributed by atoms with van der Waals surface area (Å²) in [5, 5.41) is 3.10. The van der Waals surface area contributed by atoms with E-state index >= 15 is 0 Å². The molecule has 0 unspecified atom stereocenters. The number of amides is 1. The SMILES string of the molecule is COc1ccc(NC(=O)CSc2nc3c(c(=O)n(C)c(=O)n3C)n2Cc2ccccc2F)cc1. The number of ether oxygens (including phenoxy) is 1. The molecule has 2 aromatic carbocycles. The number of carbonyl (C=O) groups is 1. The number of imidazole rings is 1. The maximum absolute atomic E-state index is 14.4. The second kappa shape index (κ2) is 9.56. The van der Waals surface area contributed by atoms with Crippen LogP contribution in [0, 0.1) is 5.82 Å². The largest absolute Gasteiger partial charge is 0.497 e. The molecule has 1 N–H and O–H groups in total. The fourth-order valence-corrected chi connectivity index (χ4v) is 4.28. The maximum Gasteiger partial charge on any atom is 0.332 e. The van der Waals surface area contributed by atoms with Crippen LogP contribution in [0.25, 0.3) is 11.2 Å². The molecule has 0 fully saturated rings. The highest BCUT2D eigenvalue weighted by Gasteiger charge is 2.21. The van der Waals surface area contributed by atoms with Gasteiger partial charge >= 0.3 is 5.69 Å². The quantitative estimate of drug-likeness (QED) is 0.405. The van der Waals surface area contributed by atoms with Crippen LogP contribution in [0.4, 0.5) is 10.1 Å². The lowest BCUT2D eigenvalue weighted by atomic mass is 10.2. The number of thioether (sulfide) groups is 1. The zero-order chi connectivity index (χ0) is 24.4. The average Bonchev–Trinajstić information content (AvgIpc) is 3.20. The first-order valence-electron chi connectivity index (χ1n) is 10.3. The van der Waals surface area contributed by atoms with E-state index in [1.165, 1.54) is 24.7 Å². The molecule has 4 rings (SSSR count). The first kappa shape index (κ1) is 23.3. The van der Waals surface area contributed by atoms with Gasteiger partial charge in [-0.15, -0.1) is 0 Å². The molecule has 34 heavy (non-hydrogen) atoms. The number of nitrogens with zero attached hydrogens (tertiary/aromatic N) is 4. The highest BCUT2D eigenvalue weighted by molar-refractivity contribution is 7.99. The number of methoxy groups -OCH3 is 1. The van der Waals surface area contributed by atoms with Gasteiger partial charge in [0.05, 0.1) is 19.4 Å². The molecule has 0 spiro atoms. The second-order valence-corrected chi connectivity index (χ2v) is 8.46. The van der Waals surface area contributed by atoms with Crippen molar-refractivity contribution in [3.8, 4) is 5.75 Å². The minimum atomic E-state index is -0.545. The molecule has 0 radical (unpaired) electrons. The summed E-state index contributed by atoms with van der Waals surface area (Å²) < 4.78 is 23.3. The van der Waals surface area contributed by atoms with E-state index in [9.17, 15) is 18.8 Å². The van der Waals surface area contributed by atoms with Crippen molar-refractivity contribution in [1.29, 1.82) is 0 Å². The van der Waals surface area contributed by atoms with Gasteiger partial charge in [0.1, 0.15) is 11.6 Å². The lowest BCUT2D eigenvalue weighted by Gasteiger charge is -2.10. The van der Waals surface area contributed by atoms with Gasteiger partial charge in [-0.05, 0) is 30.3 Å². The normalized spacial score (nSPS) is 11.1. The molecule has 1 amide bonds. The predicted octanol–water partition coefficient (Wildman–Crippen LogP) is 2.36. The van der Waals surface area contributed by atoms with Gasteiger partial charge in [-0.25, -0.2) is 14.2 Å². The number of aromatic nitrogens is 4. The van der Waals surface area contributed by atoms with Gasteiger partial charge in [0, 0.05) is 25.3 Å². The number of halogens is 1. The molecular formula is C23H22FN5O4S. The maximum atomic E-state index is 14.4. The number of hydrogen-bond acceptors (Lipinski definition) is 6. The average molecular weight is 484 g/mol. The second-order valence-electron chi connectivity index (χ2n) is 7.52. The Balaban J connectivity index is 1.68. The number of fused-ring (bicyclic) bond motifs is 1. The van der Waals surface area contributed by atoms with Crippen molar-refractivity contribution in [3.05, 3.63) is 80.7 Å². The van der Waals surface area contributed by atoms with E-state index < -0.39 is 17.1 Å². The standard InChI is InChI=1S/C23H22FN5O4S/c1-27-20-19(21(31)28(2)23(27)32)29(12-14-6-4-5-7-17(14)24)22(26-20)34-13-18(30)25-15-8-10-16(33-3)11-9-15/h4-11H,12-13H2,1-3H3,(H,25,30). The van der Waals surface area contributed by atoms with Crippen LogP contribution in [0.3, 0.4) is 0 Å². The molecule has 0 saturated heterocycles. The Morgan fingerprint density at radius 1 is 1.09 bits per heavy atom. The zero-order valence-electron chi connectivity index (χ0n) is 18.7. The number of rotatable bonds is 7. The first-order valence-corrected chi connectivity index (χ1v) is 11.2. The van der Waals surface area contributed by atoms with Crippen molar-refractivity contribution in [2.45, 2.75) is 11.7 Å². The van der Waals surface area contributed by atoms with Crippen molar-refractivity contribution in [2.75, 3.05) is 18.2 Å². The highest BCUT2D eigenvalue weighted by Crippen LogP contribution is 2.24. The molecule has 0 aliphatic heterocycles. The Labute approximate surface area is 197 Å². The summed E-state index contributed by atoms with van der Waals surface area (Å²) in [5.41, 5.74) is 0.205. The topological polar surface area (TPSA) is 100 Å². The van der Waals surface area contributed by atoms with Gasteiger partial charge in [0.2, 0.25) is 5.91 Å². The van der Waals surface area contributed by atoms with Crippen LogP contribution in [0.15, 0.2) is 63.3 Å². The number of hydrogen-bond donors (Lipinski definition) is 1. The van der Waals surface area contributed by atoms with Gasteiger partial charge in [0.15, 0.2) is 16.3 Å². The van der Waals surface area contributed by atoms with Gasteiger partial charge in [-0.3, -0.25) is 18.7 Å². The van der Waals surface area contributed by atoms with Crippen molar-refractivity contribution in [1.82, 2.24) is 18.7 Å². The third-order valence-corrected chi connectivity index (χ3v) is 6.28. The monoisotopic (exact) mass is 483 g/mol. The minimum absolute atomic E-state index is 0.0129. The van der Waals surface area contributed by atoms with Crippen LogP contribution in [-0.2, 0) is 25.4 Å². The van der Waals surface area contributed by atoms with Gasteiger partial charge < -0.3 is 14.6 Å². The highest BCUT2D eigenvalue weighted by atomic mass is 32.2. The fourth-order valence-electron chi connectivity index (χ4n) is 3.48. The smallest absolute Gasteiger partial charge is 0.332 e. The van der Waals surface area contributed by atoms with E-state index in [1.54, 1.807) is 54.1 Å². The molecule has 176 valence electrons. The summed E-state index contributed by atoms with van der Waals surface area (Å²) in [6.07, 6.45) is 0. The summed E-state index contributed by atoms with van der Waals surface area (Å²) in [7, 11) is 4.44. The van der Waals surface area contributed by atoms with Crippen molar-refractivity contribution >= 4 is 34.5 Å². The predicted molar refractivity (Wildman–Crippen MR) is 128 cm³/mol. The Morgan fingerprint density at radius 3 is 2.47 bits per heavy atom. The Morgan fingerprint density at radius 2 is 1.79 bits per heavy atom. The molecule has 4 aromatic rings. The van der Waals surface area contributed by atoms with E-state index in [0.717, 1.165) is 16.3 Å². The molecule has 2 aromatic heterocycles. The molecule has 0 aliphatic rings. The summed E-state index contributed by atoms with van der Waals surface area (Å²) in [4.78, 5) is 42.3. The van der Waals surface area contributed by atoms with Crippen LogP contribution in [0.5, 0.6) is 5.75 Å². The van der Waals surface area contributed by atoms with Gasteiger partial charge in [-0.2, -0.15) is 0 Å². The molecular weight excluding hydrogens is 461 g/mol. The number of benzene rings is 2. The lowest BCUT2D eigenvalue weighted by molar-refractivity contribution is -0.113. The van der Waals surface area contributed by atoms with Crippen molar-refractivity contribution < 1.29 is 13.9 Å². The Kier molecular flexibility index (Phi) is 6.55. The molecule has 0 bridgehead atoms. The number of aryl methyl sites for hydroxylation is 1. The van der Waals surface area contributed by atoms with E-state index in [1.807, 2.05) is 0 Å². The number of nitrogens with one attached hydrogen (secondary N) is 1.